The number of carboxylic acid groups (broad SMARTS) is 1. The van der Waals surface area contributed by atoms with E-state index in [1.165, 1.54) is 22.8 Å². The molecule has 1 heterocycles. The summed E-state index contributed by atoms with van der Waals surface area (Å²) in [6.45, 7) is -0.171. The molecule has 1 N–H and O–H groups in total. The van der Waals surface area contributed by atoms with Gasteiger partial charge in [-0.2, -0.15) is 5.26 Å². The molecule has 7 heteroatoms. The number of rotatable bonds is 2. The number of carbonyl (C=O) groups is 1. The van der Waals surface area contributed by atoms with Crippen LogP contribution >= 0.6 is 23.2 Å². The number of benzene rings is 1. The molecule has 96 valence electrons. The highest BCUT2D eigenvalue weighted by Gasteiger charge is 2.18. The van der Waals surface area contributed by atoms with E-state index in [0.29, 0.717) is 10.9 Å². The van der Waals surface area contributed by atoms with Gasteiger partial charge in [-0.05, 0) is 12.1 Å². The van der Waals surface area contributed by atoms with Gasteiger partial charge in [0.15, 0.2) is 0 Å². The van der Waals surface area contributed by atoms with Crippen molar-refractivity contribution in [2.45, 2.75) is 6.54 Å². The predicted molar refractivity (Wildman–Crippen MR) is 70.8 cm³/mol. The SMILES string of the molecule is N#CCn1c(=O)ccc2c(Cl)c(C(=O)O)c(Cl)cc21. The van der Waals surface area contributed by atoms with E-state index in [-0.39, 0.29) is 27.7 Å². The van der Waals surface area contributed by atoms with Crippen LogP contribution in [0.15, 0.2) is 23.0 Å². The summed E-state index contributed by atoms with van der Waals surface area (Å²) in [6.07, 6.45) is 0. The summed E-state index contributed by atoms with van der Waals surface area (Å²) in [5, 5.41) is 18.0. The molecule has 1 aromatic carbocycles. The van der Waals surface area contributed by atoms with Crippen molar-refractivity contribution in [2.75, 3.05) is 0 Å². The van der Waals surface area contributed by atoms with E-state index in [9.17, 15) is 9.59 Å². The second-order valence-corrected chi connectivity index (χ2v) is 4.49. The molecule has 0 aliphatic heterocycles. The third-order valence-electron chi connectivity index (χ3n) is 2.63. The van der Waals surface area contributed by atoms with Crippen LogP contribution in [0.25, 0.3) is 10.9 Å². The molecule has 0 unspecified atom stereocenters. The van der Waals surface area contributed by atoms with Crippen molar-refractivity contribution in [3.63, 3.8) is 0 Å². The number of halogens is 2. The van der Waals surface area contributed by atoms with E-state index in [4.69, 9.17) is 33.6 Å². The van der Waals surface area contributed by atoms with Crippen LogP contribution in [0.2, 0.25) is 10.0 Å². The standard InChI is InChI=1S/C12H6Cl2N2O3/c13-7-5-8-6(11(14)10(7)12(18)19)1-2-9(17)16(8)4-3-15/h1-2,5H,4H2,(H,18,19). The van der Waals surface area contributed by atoms with E-state index in [0.717, 1.165) is 0 Å². The third kappa shape index (κ3) is 2.16. The lowest BCUT2D eigenvalue weighted by molar-refractivity contribution is 0.0697. The number of nitrogens with zero attached hydrogens (tertiary/aromatic N) is 2. The molecule has 0 aliphatic carbocycles. The summed E-state index contributed by atoms with van der Waals surface area (Å²) in [6, 6.07) is 5.82. The Labute approximate surface area is 117 Å². The molecule has 0 fully saturated rings. The van der Waals surface area contributed by atoms with E-state index >= 15 is 0 Å². The molecule has 2 aromatic rings. The molecule has 0 spiro atoms. The average molecular weight is 297 g/mol. The van der Waals surface area contributed by atoms with Crippen molar-refractivity contribution >= 4 is 40.1 Å². The van der Waals surface area contributed by atoms with Crippen molar-refractivity contribution < 1.29 is 9.90 Å². The summed E-state index contributed by atoms with van der Waals surface area (Å²) in [5.74, 6) is -1.25. The fourth-order valence-corrected chi connectivity index (χ4v) is 2.47. The number of hydrogen-bond acceptors (Lipinski definition) is 3. The first-order valence-corrected chi connectivity index (χ1v) is 5.84. The molecule has 0 amide bonds. The Balaban J connectivity index is 2.96. The van der Waals surface area contributed by atoms with Crippen molar-refractivity contribution in [1.29, 1.82) is 5.26 Å². The molecule has 0 aliphatic rings. The van der Waals surface area contributed by atoms with Crippen LogP contribution in [0.1, 0.15) is 10.4 Å². The number of nitriles is 1. The van der Waals surface area contributed by atoms with Gasteiger partial charge >= 0.3 is 5.97 Å². The maximum absolute atomic E-state index is 11.7. The smallest absolute Gasteiger partial charge is 0.338 e. The van der Waals surface area contributed by atoms with Crippen molar-refractivity contribution in [3.8, 4) is 6.07 Å². The number of carboxylic acids is 1. The maximum atomic E-state index is 11.7. The second kappa shape index (κ2) is 4.92. The zero-order chi connectivity index (χ0) is 14.2. The number of aromatic nitrogens is 1. The Morgan fingerprint density at radius 2 is 2.11 bits per heavy atom. The van der Waals surface area contributed by atoms with Crippen LogP contribution in [0.3, 0.4) is 0 Å². The summed E-state index contributed by atoms with van der Waals surface area (Å²) >= 11 is 11.9. The van der Waals surface area contributed by atoms with Crippen molar-refractivity contribution in [2.24, 2.45) is 0 Å². The van der Waals surface area contributed by atoms with E-state index < -0.39 is 5.97 Å². The van der Waals surface area contributed by atoms with Crippen LogP contribution < -0.4 is 5.56 Å². The molecule has 0 atom stereocenters. The van der Waals surface area contributed by atoms with E-state index in [1.807, 2.05) is 6.07 Å². The van der Waals surface area contributed by atoms with E-state index in [1.54, 1.807) is 0 Å². The fourth-order valence-electron chi connectivity index (χ4n) is 1.80. The molecule has 19 heavy (non-hydrogen) atoms. The van der Waals surface area contributed by atoms with Gasteiger partial charge in [-0.25, -0.2) is 4.79 Å². The number of pyridine rings is 1. The first-order valence-electron chi connectivity index (χ1n) is 5.09. The van der Waals surface area contributed by atoms with Gasteiger partial charge in [0, 0.05) is 11.5 Å². The zero-order valence-electron chi connectivity index (χ0n) is 9.35. The Kier molecular flexibility index (Phi) is 3.47. The average Bonchev–Trinajstić information content (AvgIpc) is 2.32. The summed E-state index contributed by atoms with van der Waals surface area (Å²) in [7, 11) is 0. The molecule has 0 radical (unpaired) electrons. The Hall–Kier alpha value is -2.03. The van der Waals surface area contributed by atoms with Gasteiger partial charge < -0.3 is 5.11 Å². The highest BCUT2D eigenvalue weighted by Crippen LogP contribution is 2.32. The van der Waals surface area contributed by atoms with Crippen LogP contribution in [0, 0.1) is 11.3 Å². The molecule has 0 saturated carbocycles. The highest BCUT2D eigenvalue weighted by molar-refractivity contribution is 6.42. The molecule has 5 nitrogen and oxygen atoms in total. The lowest BCUT2D eigenvalue weighted by atomic mass is 10.1. The van der Waals surface area contributed by atoms with Crippen LogP contribution in [-0.4, -0.2) is 15.6 Å². The maximum Gasteiger partial charge on any atom is 0.338 e. The second-order valence-electron chi connectivity index (χ2n) is 3.70. The molecule has 2 rings (SSSR count). The summed E-state index contributed by atoms with van der Waals surface area (Å²) in [5.41, 5.74) is -0.281. The normalized spacial score (nSPS) is 10.4. The highest BCUT2D eigenvalue weighted by atomic mass is 35.5. The molecular formula is C12H6Cl2N2O3. The predicted octanol–water partition coefficient (Wildman–Crippen LogP) is 2.53. The number of aromatic carboxylic acids is 1. The lowest BCUT2D eigenvalue weighted by Crippen LogP contribution is -2.19. The summed E-state index contributed by atoms with van der Waals surface area (Å²) in [4.78, 5) is 22.7. The first kappa shape index (κ1) is 13.4. The Bertz CT molecular complexity index is 790. The molecular weight excluding hydrogens is 291 g/mol. The van der Waals surface area contributed by atoms with Crippen LogP contribution in [0.4, 0.5) is 0 Å². The Morgan fingerprint density at radius 3 is 2.68 bits per heavy atom. The topological polar surface area (TPSA) is 83.1 Å². The Morgan fingerprint density at radius 1 is 1.42 bits per heavy atom. The fraction of sp³-hybridized carbons (Fsp3) is 0.0833. The van der Waals surface area contributed by atoms with E-state index in [2.05, 4.69) is 0 Å². The minimum Gasteiger partial charge on any atom is -0.478 e. The van der Waals surface area contributed by atoms with Gasteiger partial charge in [0.25, 0.3) is 5.56 Å². The minimum absolute atomic E-state index is 0.0540. The van der Waals surface area contributed by atoms with Gasteiger partial charge in [0.05, 0.1) is 27.2 Å². The van der Waals surface area contributed by atoms with Crippen LogP contribution in [0.5, 0.6) is 0 Å². The largest absolute Gasteiger partial charge is 0.478 e. The number of fused-ring (bicyclic) bond motifs is 1. The van der Waals surface area contributed by atoms with Crippen molar-refractivity contribution in [1.82, 2.24) is 4.57 Å². The van der Waals surface area contributed by atoms with Gasteiger partial charge in [-0.3, -0.25) is 9.36 Å². The van der Waals surface area contributed by atoms with Gasteiger partial charge in [0.1, 0.15) is 6.54 Å². The molecule has 0 bridgehead atoms. The van der Waals surface area contributed by atoms with Gasteiger partial charge in [-0.15, -0.1) is 0 Å². The molecule has 1 aromatic heterocycles. The quantitative estimate of drug-likeness (QED) is 0.923. The monoisotopic (exact) mass is 296 g/mol. The van der Waals surface area contributed by atoms with Crippen molar-refractivity contribution in [3.05, 3.63) is 44.2 Å². The lowest BCUT2D eigenvalue weighted by Gasteiger charge is -2.10. The first-order chi connectivity index (χ1) is 8.97. The zero-order valence-corrected chi connectivity index (χ0v) is 10.9. The summed E-state index contributed by atoms with van der Waals surface area (Å²) < 4.78 is 1.18. The van der Waals surface area contributed by atoms with Gasteiger partial charge in [0.2, 0.25) is 0 Å². The van der Waals surface area contributed by atoms with Gasteiger partial charge in [-0.1, -0.05) is 23.2 Å². The number of hydrogen-bond donors (Lipinski definition) is 1. The third-order valence-corrected chi connectivity index (χ3v) is 3.32. The van der Waals surface area contributed by atoms with Crippen LogP contribution in [-0.2, 0) is 6.54 Å². The minimum atomic E-state index is -1.25. The molecule has 0 saturated heterocycles.